The normalized spacial score (nSPS) is 15.1. The number of fused-ring (bicyclic) bond motifs is 2. The number of oxazole rings is 1. The largest absolute Gasteiger partial charge is 0.463 e. The highest BCUT2D eigenvalue weighted by molar-refractivity contribution is 6.06. The first kappa shape index (κ1) is 18.8. The Morgan fingerprint density at radius 1 is 1.09 bits per heavy atom. The van der Waals surface area contributed by atoms with E-state index in [0.717, 1.165) is 29.8 Å². The maximum atomic E-state index is 13.5. The third-order valence-electron chi connectivity index (χ3n) is 6.06. The Balaban J connectivity index is 1.27. The van der Waals surface area contributed by atoms with E-state index in [1.165, 1.54) is 0 Å². The van der Waals surface area contributed by atoms with Gasteiger partial charge in [0.05, 0.1) is 22.9 Å². The van der Waals surface area contributed by atoms with Crippen molar-refractivity contribution in [1.82, 2.24) is 20.0 Å². The van der Waals surface area contributed by atoms with Gasteiger partial charge in [-0.2, -0.15) is 0 Å². The number of likely N-dealkylation sites (tertiary alicyclic amines) is 1. The van der Waals surface area contributed by atoms with Crippen LogP contribution >= 0.6 is 0 Å². The highest BCUT2D eigenvalue weighted by Crippen LogP contribution is 2.32. The molecule has 1 aliphatic rings. The summed E-state index contributed by atoms with van der Waals surface area (Å²) in [4.78, 5) is 24.5. The number of rotatable bonds is 3. The number of amides is 1. The van der Waals surface area contributed by atoms with Gasteiger partial charge in [-0.3, -0.25) is 4.79 Å². The second-order valence-corrected chi connectivity index (χ2v) is 8.07. The van der Waals surface area contributed by atoms with E-state index in [1.54, 1.807) is 24.5 Å². The molecule has 1 aliphatic heterocycles. The van der Waals surface area contributed by atoms with Crippen molar-refractivity contribution in [3.8, 4) is 11.5 Å². The molecule has 1 amide bonds. The molecule has 1 fully saturated rings. The second-order valence-electron chi connectivity index (χ2n) is 8.07. The standard InChI is InChI=1S/C24H20N4O4/c1-14-21-16(13-18(19-7-4-12-30-19)26-23(21)32-27-14)24(29)28-10-8-15(9-11-28)22-25-17-5-2-3-6-20(17)31-22/h2-7,12-13,15H,8-11H2,1H3. The van der Waals surface area contributed by atoms with Gasteiger partial charge in [0.25, 0.3) is 11.6 Å². The smallest absolute Gasteiger partial charge is 0.259 e. The number of hydrogen-bond acceptors (Lipinski definition) is 7. The Hall–Kier alpha value is -3.94. The molecule has 5 aromatic rings. The molecule has 1 aromatic carbocycles. The first-order chi connectivity index (χ1) is 15.7. The van der Waals surface area contributed by atoms with Crippen LogP contribution in [0.2, 0.25) is 0 Å². The van der Waals surface area contributed by atoms with Crippen molar-refractivity contribution in [3.63, 3.8) is 0 Å². The van der Waals surface area contributed by atoms with Crippen molar-refractivity contribution in [2.45, 2.75) is 25.7 Å². The van der Waals surface area contributed by atoms with Crippen LogP contribution in [0.25, 0.3) is 33.7 Å². The van der Waals surface area contributed by atoms with Gasteiger partial charge in [-0.05, 0) is 50.1 Å². The zero-order chi connectivity index (χ0) is 21.7. The molecule has 5 heterocycles. The maximum Gasteiger partial charge on any atom is 0.259 e. The predicted molar refractivity (Wildman–Crippen MR) is 116 cm³/mol. The molecule has 0 unspecified atom stereocenters. The predicted octanol–water partition coefficient (Wildman–Crippen LogP) is 4.95. The number of nitrogens with zero attached hydrogens (tertiary/aromatic N) is 4. The minimum atomic E-state index is -0.0625. The molecule has 0 N–H and O–H groups in total. The van der Waals surface area contributed by atoms with E-state index >= 15 is 0 Å². The van der Waals surface area contributed by atoms with Crippen molar-refractivity contribution >= 4 is 28.1 Å². The minimum Gasteiger partial charge on any atom is -0.463 e. The van der Waals surface area contributed by atoms with Crippen LogP contribution < -0.4 is 0 Å². The summed E-state index contributed by atoms with van der Waals surface area (Å²) >= 11 is 0. The van der Waals surface area contributed by atoms with Crippen LogP contribution in [0.15, 0.2) is 62.1 Å². The Kier molecular flexibility index (Phi) is 4.31. The zero-order valence-electron chi connectivity index (χ0n) is 17.4. The molecule has 8 nitrogen and oxygen atoms in total. The van der Waals surface area contributed by atoms with Crippen molar-refractivity contribution < 1.29 is 18.2 Å². The first-order valence-corrected chi connectivity index (χ1v) is 10.6. The molecular weight excluding hydrogens is 408 g/mol. The van der Waals surface area contributed by atoms with Gasteiger partial charge in [0.15, 0.2) is 17.2 Å². The lowest BCUT2D eigenvalue weighted by Crippen LogP contribution is -2.38. The van der Waals surface area contributed by atoms with Gasteiger partial charge < -0.3 is 18.3 Å². The van der Waals surface area contributed by atoms with E-state index in [2.05, 4.69) is 15.1 Å². The maximum absolute atomic E-state index is 13.5. The van der Waals surface area contributed by atoms with Crippen molar-refractivity contribution in [2.24, 2.45) is 0 Å². The average Bonchev–Trinajstić information content (AvgIpc) is 3.58. The summed E-state index contributed by atoms with van der Waals surface area (Å²) < 4.78 is 16.8. The fourth-order valence-corrected chi connectivity index (χ4v) is 4.38. The van der Waals surface area contributed by atoms with Crippen LogP contribution in [0.4, 0.5) is 0 Å². The van der Waals surface area contributed by atoms with Crippen LogP contribution in [0.1, 0.15) is 40.7 Å². The molecule has 4 aromatic heterocycles. The third-order valence-corrected chi connectivity index (χ3v) is 6.06. The number of piperidine rings is 1. The Bertz CT molecular complexity index is 1390. The molecule has 0 spiro atoms. The molecule has 0 bridgehead atoms. The van der Waals surface area contributed by atoms with Gasteiger partial charge in [-0.25, -0.2) is 9.97 Å². The molecule has 160 valence electrons. The Morgan fingerprint density at radius 3 is 2.72 bits per heavy atom. The summed E-state index contributed by atoms with van der Waals surface area (Å²) in [5, 5.41) is 4.66. The number of carbonyl (C=O) groups is 1. The molecule has 0 aliphatic carbocycles. The van der Waals surface area contributed by atoms with E-state index in [4.69, 9.17) is 13.4 Å². The molecule has 0 atom stereocenters. The van der Waals surface area contributed by atoms with E-state index in [0.29, 0.717) is 46.9 Å². The first-order valence-electron chi connectivity index (χ1n) is 10.6. The van der Waals surface area contributed by atoms with Gasteiger partial charge >= 0.3 is 0 Å². The van der Waals surface area contributed by atoms with E-state index in [9.17, 15) is 4.79 Å². The van der Waals surface area contributed by atoms with E-state index in [1.807, 2.05) is 36.1 Å². The van der Waals surface area contributed by atoms with Crippen LogP contribution in [-0.4, -0.2) is 39.0 Å². The highest BCUT2D eigenvalue weighted by Gasteiger charge is 2.30. The summed E-state index contributed by atoms with van der Waals surface area (Å²) in [5.41, 5.74) is 3.72. The quantitative estimate of drug-likeness (QED) is 0.401. The van der Waals surface area contributed by atoms with Crippen LogP contribution in [0.5, 0.6) is 0 Å². The number of hydrogen-bond donors (Lipinski definition) is 0. The molecule has 1 saturated heterocycles. The van der Waals surface area contributed by atoms with Crippen LogP contribution in [0.3, 0.4) is 0 Å². The van der Waals surface area contributed by atoms with Crippen molar-refractivity contribution in [2.75, 3.05) is 13.1 Å². The molecule has 0 radical (unpaired) electrons. The summed E-state index contributed by atoms with van der Waals surface area (Å²) in [6, 6.07) is 13.1. The summed E-state index contributed by atoms with van der Waals surface area (Å²) in [6.07, 6.45) is 3.16. The van der Waals surface area contributed by atoms with Gasteiger partial charge in [-0.15, -0.1) is 0 Å². The Morgan fingerprint density at radius 2 is 1.94 bits per heavy atom. The molecule has 8 heteroatoms. The van der Waals surface area contributed by atoms with Gasteiger partial charge in [0, 0.05) is 19.0 Å². The monoisotopic (exact) mass is 428 g/mol. The minimum absolute atomic E-state index is 0.0625. The van der Waals surface area contributed by atoms with Gasteiger partial charge in [0.2, 0.25) is 0 Å². The topological polar surface area (TPSA) is 98.4 Å². The van der Waals surface area contributed by atoms with Crippen LogP contribution in [-0.2, 0) is 0 Å². The number of aromatic nitrogens is 3. The molecule has 32 heavy (non-hydrogen) atoms. The lowest BCUT2D eigenvalue weighted by atomic mass is 9.96. The highest BCUT2D eigenvalue weighted by atomic mass is 16.5. The van der Waals surface area contributed by atoms with E-state index < -0.39 is 0 Å². The lowest BCUT2D eigenvalue weighted by Gasteiger charge is -2.30. The Labute approximate surface area is 182 Å². The number of para-hydroxylation sites is 2. The summed E-state index contributed by atoms with van der Waals surface area (Å²) in [5.74, 6) is 1.46. The van der Waals surface area contributed by atoms with Gasteiger partial charge in [-0.1, -0.05) is 17.3 Å². The number of furan rings is 1. The number of aryl methyl sites for hydroxylation is 1. The summed E-state index contributed by atoms with van der Waals surface area (Å²) in [6.45, 7) is 3.05. The summed E-state index contributed by atoms with van der Waals surface area (Å²) in [7, 11) is 0. The van der Waals surface area contributed by atoms with Gasteiger partial charge in [0.1, 0.15) is 11.2 Å². The lowest BCUT2D eigenvalue weighted by molar-refractivity contribution is 0.0708. The molecule has 0 saturated carbocycles. The fraction of sp³-hybridized carbons (Fsp3) is 0.250. The molecule has 6 rings (SSSR count). The number of benzene rings is 1. The van der Waals surface area contributed by atoms with E-state index in [-0.39, 0.29) is 11.8 Å². The number of pyridine rings is 1. The van der Waals surface area contributed by atoms with Crippen molar-refractivity contribution in [3.05, 3.63) is 65.9 Å². The third kappa shape index (κ3) is 3.07. The molecular formula is C24H20N4O4. The fourth-order valence-electron chi connectivity index (χ4n) is 4.38. The van der Waals surface area contributed by atoms with Crippen LogP contribution in [0, 0.1) is 6.92 Å². The second kappa shape index (κ2) is 7.33. The number of carbonyl (C=O) groups excluding carboxylic acids is 1. The van der Waals surface area contributed by atoms with Crippen molar-refractivity contribution in [1.29, 1.82) is 0 Å². The average molecular weight is 428 g/mol. The zero-order valence-corrected chi connectivity index (χ0v) is 17.4. The SMILES string of the molecule is Cc1noc2nc(-c3ccco3)cc(C(=O)N3CCC(c4nc5ccccc5o4)CC3)c12.